The molecule has 0 unspecified atom stereocenters. The van der Waals surface area contributed by atoms with Gasteiger partial charge in [-0.3, -0.25) is 9.48 Å². The highest BCUT2D eigenvalue weighted by atomic mass is 16.1. The Morgan fingerprint density at radius 1 is 1.32 bits per heavy atom. The summed E-state index contributed by atoms with van der Waals surface area (Å²) in [6.45, 7) is 10.7. The zero-order valence-electron chi connectivity index (χ0n) is 15.3. The van der Waals surface area contributed by atoms with Gasteiger partial charge in [0.1, 0.15) is 5.82 Å². The first kappa shape index (κ1) is 18.4. The summed E-state index contributed by atoms with van der Waals surface area (Å²) < 4.78 is 1.85. The molecule has 1 amide bonds. The maximum Gasteiger partial charge on any atom is 0.254 e. The first-order chi connectivity index (χ1) is 11.7. The summed E-state index contributed by atoms with van der Waals surface area (Å²) in [5, 5.41) is 10.5. The highest BCUT2D eigenvalue weighted by molar-refractivity contribution is 5.97. The first-order valence-corrected chi connectivity index (χ1v) is 8.03. The van der Waals surface area contributed by atoms with Crippen molar-refractivity contribution in [1.29, 1.82) is 0 Å². The molecule has 0 saturated carbocycles. The van der Waals surface area contributed by atoms with Gasteiger partial charge in [0, 0.05) is 18.9 Å². The van der Waals surface area contributed by atoms with E-state index in [0.29, 0.717) is 18.3 Å². The monoisotopic (exact) mass is 343 g/mol. The van der Waals surface area contributed by atoms with Crippen molar-refractivity contribution < 1.29 is 4.79 Å². The van der Waals surface area contributed by atoms with Crippen LogP contribution in [0.4, 0.5) is 17.5 Å². The minimum atomic E-state index is -0.577. The van der Waals surface area contributed by atoms with Crippen LogP contribution in [0.3, 0.4) is 0 Å². The van der Waals surface area contributed by atoms with Crippen molar-refractivity contribution in [2.75, 3.05) is 17.2 Å². The van der Waals surface area contributed by atoms with E-state index in [-0.39, 0.29) is 11.1 Å². The third-order valence-corrected chi connectivity index (χ3v) is 3.36. The molecule has 0 saturated heterocycles. The molecule has 2 rings (SSSR count). The third kappa shape index (κ3) is 5.03. The molecule has 0 fully saturated rings. The topological polar surface area (TPSA) is 111 Å². The van der Waals surface area contributed by atoms with Crippen molar-refractivity contribution in [2.45, 2.75) is 40.2 Å². The Kier molecular flexibility index (Phi) is 5.41. The molecule has 0 spiro atoms. The van der Waals surface area contributed by atoms with Crippen molar-refractivity contribution in [2.24, 2.45) is 5.73 Å². The van der Waals surface area contributed by atoms with Gasteiger partial charge >= 0.3 is 0 Å². The van der Waals surface area contributed by atoms with Gasteiger partial charge in [-0.2, -0.15) is 10.1 Å². The predicted molar refractivity (Wildman–Crippen MR) is 99.0 cm³/mol. The second-order valence-corrected chi connectivity index (χ2v) is 6.95. The Morgan fingerprint density at radius 2 is 2.04 bits per heavy atom. The molecule has 8 heteroatoms. The normalized spacial score (nSPS) is 11.1. The van der Waals surface area contributed by atoms with Gasteiger partial charge in [0.15, 0.2) is 0 Å². The lowest BCUT2D eigenvalue weighted by atomic mass is 10.1. The van der Waals surface area contributed by atoms with Gasteiger partial charge in [-0.05, 0) is 34.6 Å². The quantitative estimate of drug-likeness (QED) is 0.695. The molecule has 0 aliphatic carbocycles. The maximum absolute atomic E-state index is 11.6. The molecule has 25 heavy (non-hydrogen) atoms. The van der Waals surface area contributed by atoms with Crippen LogP contribution in [0.5, 0.6) is 0 Å². The number of allylic oxidation sites excluding steroid dienone is 1. The minimum Gasteiger partial charge on any atom is -0.366 e. The van der Waals surface area contributed by atoms with Crippen LogP contribution in [0.15, 0.2) is 30.2 Å². The van der Waals surface area contributed by atoms with Crippen LogP contribution in [0.1, 0.15) is 45.0 Å². The van der Waals surface area contributed by atoms with Gasteiger partial charge in [0.2, 0.25) is 5.95 Å². The number of anilines is 3. The Labute approximate surface area is 147 Å². The Bertz CT molecular complexity index is 783. The molecule has 0 aliphatic rings. The number of amides is 1. The van der Waals surface area contributed by atoms with Crippen LogP contribution in [0.2, 0.25) is 0 Å². The van der Waals surface area contributed by atoms with Crippen LogP contribution in [-0.2, 0) is 5.54 Å². The van der Waals surface area contributed by atoms with Crippen LogP contribution in [0, 0.1) is 0 Å². The Balaban J connectivity index is 2.22. The highest BCUT2D eigenvalue weighted by Crippen LogP contribution is 2.20. The number of hydrogen-bond acceptors (Lipinski definition) is 6. The summed E-state index contributed by atoms with van der Waals surface area (Å²) >= 11 is 0. The van der Waals surface area contributed by atoms with Crippen molar-refractivity contribution >= 4 is 23.4 Å². The van der Waals surface area contributed by atoms with Gasteiger partial charge in [-0.1, -0.05) is 11.6 Å². The minimum absolute atomic E-state index is 0.117. The van der Waals surface area contributed by atoms with Crippen molar-refractivity contribution in [1.82, 2.24) is 19.7 Å². The molecule has 2 aromatic heterocycles. The lowest BCUT2D eigenvalue weighted by Crippen LogP contribution is -2.21. The average Bonchev–Trinajstić information content (AvgIpc) is 2.95. The number of carbonyl (C=O) groups is 1. The SMILES string of the molecule is CC(C)=CCNc1nc(Nc2cnn(C(C)(C)C)c2)ncc1C(N)=O. The Morgan fingerprint density at radius 3 is 2.60 bits per heavy atom. The predicted octanol–water partition coefficient (Wildman–Crippen LogP) is 2.65. The van der Waals surface area contributed by atoms with E-state index in [1.54, 1.807) is 6.20 Å². The number of hydrogen-bond donors (Lipinski definition) is 3. The van der Waals surface area contributed by atoms with E-state index in [1.165, 1.54) is 6.20 Å². The zero-order chi connectivity index (χ0) is 18.6. The second kappa shape index (κ2) is 7.33. The van der Waals surface area contributed by atoms with Gasteiger partial charge in [-0.15, -0.1) is 0 Å². The molecule has 8 nitrogen and oxygen atoms in total. The second-order valence-electron chi connectivity index (χ2n) is 6.95. The van der Waals surface area contributed by atoms with Crippen LogP contribution in [-0.4, -0.2) is 32.2 Å². The van der Waals surface area contributed by atoms with E-state index in [9.17, 15) is 4.79 Å². The van der Waals surface area contributed by atoms with E-state index >= 15 is 0 Å². The molecule has 2 heterocycles. The summed E-state index contributed by atoms with van der Waals surface area (Å²) in [5.74, 6) is 0.177. The first-order valence-electron chi connectivity index (χ1n) is 8.03. The fourth-order valence-electron chi connectivity index (χ4n) is 1.99. The molecule has 4 N–H and O–H groups in total. The zero-order valence-corrected chi connectivity index (χ0v) is 15.3. The van der Waals surface area contributed by atoms with Crippen molar-refractivity contribution in [3.8, 4) is 0 Å². The summed E-state index contributed by atoms with van der Waals surface area (Å²) in [7, 11) is 0. The molecule has 0 radical (unpaired) electrons. The average molecular weight is 343 g/mol. The number of nitrogens with zero attached hydrogens (tertiary/aromatic N) is 4. The van der Waals surface area contributed by atoms with E-state index in [0.717, 1.165) is 11.3 Å². The molecule has 0 aromatic carbocycles. The van der Waals surface area contributed by atoms with Gasteiger partial charge in [0.25, 0.3) is 5.91 Å². The Hall–Kier alpha value is -2.90. The van der Waals surface area contributed by atoms with Gasteiger partial charge in [-0.25, -0.2) is 4.98 Å². The molecule has 134 valence electrons. The number of nitrogens with one attached hydrogen (secondary N) is 2. The molecule has 2 aromatic rings. The van der Waals surface area contributed by atoms with Crippen molar-refractivity contribution in [3.05, 3.63) is 35.8 Å². The van der Waals surface area contributed by atoms with E-state index < -0.39 is 5.91 Å². The lowest BCUT2D eigenvalue weighted by Gasteiger charge is -2.18. The molecule has 0 aliphatic heterocycles. The lowest BCUT2D eigenvalue weighted by molar-refractivity contribution is 0.100. The fourth-order valence-corrected chi connectivity index (χ4v) is 1.99. The number of carbonyl (C=O) groups excluding carboxylic acids is 1. The summed E-state index contributed by atoms with van der Waals surface area (Å²) in [6.07, 6.45) is 6.98. The molecular weight excluding hydrogens is 318 g/mol. The van der Waals surface area contributed by atoms with Crippen LogP contribution >= 0.6 is 0 Å². The third-order valence-electron chi connectivity index (χ3n) is 3.36. The van der Waals surface area contributed by atoms with Gasteiger partial charge < -0.3 is 16.4 Å². The number of aromatic nitrogens is 4. The van der Waals surface area contributed by atoms with Crippen molar-refractivity contribution in [3.63, 3.8) is 0 Å². The van der Waals surface area contributed by atoms with E-state index in [4.69, 9.17) is 5.73 Å². The van der Waals surface area contributed by atoms with Crippen LogP contribution < -0.4 is 16.4 Å². The van der Waals surface area contributed by atoms with Crippen LogP contribution in [0.25, 0.3) is 0 Å². The highest BCUT2D eigenvalue weighted by Gasteiger charge is 2.15. The summed E-state index contributed by atoms with van der Waals surface area (Å²) in [5.41, 5.74) is 7.45. The number of nitrogens with two attached hydrogens (primary N) is 1. The van der Waals surface area contributed by atoms with E-state index in [2.05, 4.69) is 46.5 Å². The fraction of sp³-hybridized carbons (Fsp3) is 0.412. The summed E-state index contributed by atoms with van der Waals surface area (Å²) in [6, 6.07) is 0. The largest absolute Gasteiger partial charge is 0.366 e. The van der Waals surface area contributed by atoms with E-state index in [1.807, 2.05) is 30.8 Å². The summed E-state index contributed by atoms with van der Waals surface area (Å²) in [4.78, 5) is 20.1. The molecule has 0 bridgehead atoms. The smallest absolute Gasteiger partial charge is 0.254 e. The maximum atomic E-state index is 11.6. The molecule has 0 atom stereocenters. The molecular formula is C17H25N7O. The number of rotatable bonds is 6. The van der Waals surface area contributed by atoms with Gasteiger partial charge in [0.05, 0.1) is 23.0 Å². The number of primary amides is 1. The standard InChI is InChI=1S/C17H25N7O/c1-11(2)6-7-19-15-13(14(18)25)9-20-16(23-15)22-12-8-21-24(10-12)17(3,4)5/h6,8-10H,7H2,1-5H3,(H2,18,25)(H2,19,20,22,23).